The van der Waals surface area contributed by atoms with Crippen molar-refractivity contribution >= 4 is 10.0 Å². The van der Waals surface area contributed by atoms with Gasteiger partial charge in [0.1, 0.15) is 0 Å². The summed E-state index contributed by atoms with van der Waals surface area (Å²) in [5, 5.41) is 14.9. The molecule has 3 N–H and O–H groups in total. The molecule has 0 bridgehead atoms. The first kappa shape index (κ1) is 12.5. The third kappa shape index (κ3) is 2.83. The summed E-state index contributed by atoms with van der Waals surface area (Å²) < 4.78 is 31.4. The maximum Gasteiger partial charge on any atom is 0.257 e. The fourth-order valence-electron chi connectivity index (χ4n) is 1.69. The van der Waals surface area contributed by atoms with Gasteiger partial charge in [-0.2, -0.15) is 5.10 Å². The topological polar surface area (TPSA) is 104 Å². The maximum absolute atomic E-state index is 11.9. The number of ether oxygens (including phenoxy) is 1. The monoisotopic (exact) mass is 261 g/mol. The van der Waals surface area contributed by atoms with Crippen molar-refractivity contribution in [2.75, 3.05) is 19.8 Å². The summed E-state index contributed by atoms with van der Waals surface area (Å²) in [7, 11) is -3.63. The molecule has 0 radical (unpaired) electrons. The highest BCUT2D eigenvalue weighted by atomic mass is 32.2. The average Bonchev–Trinajstić information content (AvgIpc) is 2.97. The molecule has 1 fully saturated rings. The summed E-state index contributed by atoms with van der Waals surface area (Å²) in [6, 6.07) is 0. The Balaban J connectivity index is 2.03. The molecule has 8 heteroatoms. The average molecular weight is 261 g/mol. The van der Waals surface area contributed by atoms with E-state index in [2.05, 4.69) is 14.9 Å². The van der Waals surface area contributed by atoms with E-state index in [1.54, 1.807) is 0 Å². The van der Waals surface area contributed by atoms with E-state index in [4.69, 9.17) is 9.84 Å². The van der Waals surface area contributed by atoms with Gasteiger partial charge in [-0.15, -0.1) is 0 Å². The first-order valence-corrected chi connectivity index (χ1v) is 6.82. The van der Waals surface area contributed by atoms with Gasteiger partial charge in [0.05, 0.1) is 19.4 Å². The van der Waals surface area contributed by atoms with Crippen LogP contribution < -0.4 is 4.72 Å². The van der Waals surface area contributed by atoms with Crippen LogP contribution in [0.1, 0.15) is 12.0 Å². The number of aromatic nitrogens is 2. The van der Waals surface area contributed by atoms with Gasteiger partial charge in [-0.05, 0) is 12.3 Å². The summed E-state index contributed by atoms with van der Waals surface area (Å²) in [5.41, 5.74) is 0.264. The van der Waals surface area contributed by atoms with Gasteiger partial charge in [0.15, 0.2) is 5.03 Å². The molecule has 1 aromatic heterocycles. The quantitative estimate of drug-likeness (QED) is 0.645. The molecule has 2 rings (SSSR count). The van der Waals surface area contributed by atoms with Crippen LogP contribution in [0.2, 0.25) is 0 Å². The van der Waals surface area contributed by atoms with Crippen molar-refractivity contribution < 1.29 is 18.3 Å². The number of hydrogen-bond acceptors (Lipinski definition) is 5. The minimum absolute atomic E-state index is 0.0704. The molecule has 1 unspecified atom stereocenters. The number of aliphatic hydroxyl groups is 1. The van der Waals surface area contributed by atoms with Crippen LogP contribution in [0.15, 0.2) is 11.2 Å². The molecule has 96 valence electrons. The Hall–Kier alpha value is -0.960. The zero-order valence-electron chi connectivity index (χ0n) is 9.22. The van der Waals surface area contributed by atoms with Crippen molar-refractivity contribution in [1.82, 2.24) is 14.9 Å². The first-order chi connectivity index (χ1) is 8.13. The van der Waals surface area contributed by atoms with Gasteiger partial charge in [0.25, 0.3) is 10.0 Å². The molecule has 0 aliphatic carbocycles. The molecular weight excluding hydrogens is 246 g/mol. The molecule has 0 spiro atoms. The predicted octanol–water partition coefficient (Wildman–Crippen LogP) is -0.783. The summed E-state index contributed by atoms with van der Waals surface area (Å²) in [5.74, 6) is 0.213. The minimum atomic E-state index is -3.63. The lowest BCUT2D eigenvalue weighted by Crippen LogP contribution is -2.30. The highest BCUT2D eigenvalue weighted by Crippen LogP contribution is 2.14. The molecule has 1 aliphatic heterocycles. The standard InChI is InChI=1S/C9H15N3O4S/c13-5-8-4-10-12-9(8)17(14,15)11-3-7-1-2-16-6-7/h4,7,11,13H,1-3,5-6H2,(H,10,12). The highest BCUT2D eigenvalue weighted by Gasteiger charge is 2.23. The van der Waals surface area contributed by atoms with Crippen LogP contribution in [0.25, 0.3) is 0 Å². The Morgan fingerprint density at radius 3 is 3.12 bits per heavy atom. The van der Waals surface area contributed by atoms with Crippen LogP contribution in [0, 0.1) is 5.92 Å². The molecule has 7 nitrogen and oxygen atoms in total. The van der Waals surface area contributed by atoms with E-state index < -0.39 is 10.0 Å². The highest BCUT2D eigenvalue weighted by molar-refractivity contribution is 7.89. The van der Waals surface area contributed by atoms with Crippen LogP contribution in [-0.4, -0.2) is 43.5 Å². The number of nitrogens with zero attached hydrogens (tertiary/aromatic N) is 1. The van der Waals surface area contributed by atoms with Gasteiger partial charge < -0.3 is 9.84 Å². The van der Waals surface area contributed by atoms with Crippen molar-refractivity contribution in [1.29, 1.82) is 0 Å². The summed E-state index contributed by atoms with van der Waals surface area (Å²) in [4.78, 5) is 0. The molecule has 1 aromatic rings. The molecule has 1 atom stereocenters. The van der Waals surface area contributed by atoms with Crippen LogP contribution in [0.5, 0.6) is 0 Å². The molecule has 17 heavy (non-hydrogen) atoms. The Morgan fingerprint density at radius 2 is 2.47 bits per heavy atom. The van der Waals surface area contributed by atoms with Crippen molar-refractivity contribution in [2.45, 2.75) is 18.1 Å². The second-order valence-corrected chi connectivity index (χ2v) is 5.67. The van der Waals surface area contributed by atoms with E-state index in [-0.39, 0.29) is 23.1 Å². The van der Waals surface area contributed by atoms with Crippen molar-refractivity contribution in [2.24, 2.45) is 5.92 Å². The zero-order valence-corrected chi connectivity index (χ0v) is 10.0. The number of aliphatic hydroxyl groups excluding tert-OH is 1. The Bertz CT molecular complexity index is 464. The Labute approximate surface area is 99.2 Å². The van der Waals surface area contributed by atoms with Crippen LogP contribution >= 0.6 is 0 Å². The van der Waals surface area contributed by atoms with E-state index in [0.29, 0.717) is 19.8 Å². The lowest BCUT2D eigenvalue weighted by Gasteiger charge is -2.09. The number of nitrogens with one attached hydrogen (secondary N) is 2. The molecule has 0 amide bonds. The zero-order chi connectivity index (χ0) is 12.3. The SMILES string of the molecule is O=S(=O)(NCC1CCOC1)c1[nH]ncc1CO. The summed E-state index contributed by atoms with van der Waals surface area (Å²) in [6.45, 7) is 1.24. The summed E-state index contributed by atoms with van der Waals surface area (Å²) in [6.07, 6.45) is 2.16. The molecule has 1 aliphatic rings. The number of aromatic amines is 1. The van der Waals surface area contributed by atoms with Gasteiger partial charge >= 0.3 is 0 Å². The normalized spacial score (nSPS) is 20.9. The first-order valence-electron chi connectivity index (χ1n) is 5.34. The van der Waals surface area contributed by atoms with E-state index in [1.807, 2.05) is 0 Å². The largest absolute Gasteiger partial charge is 0.392 e. The van der Waals surface area contributed by atoms with Crippen molar-refractivity contribution in [3.8, 4) is 0 Å². The van der Waals surface area contributed by atoms with Gasteiger partial charge in [-0.1, -0.05) is 0 Å². The predicted molar refractivity (Wildman–Crippen MR) is 58.6 cm³/mol. The molecule has 1 saturated heterocycles. The van der Waals surface area contributed by atoms with E-state index in [0.717, 1.165) is 6.42 Å². The third-order valence-electron chi connectivity index (χ3n) is 2.70. The minimum Gasteiger partial charge on any atom is -0.392 e. The van der Waals surface area contributed by atoms with Crippen LogP contribution in [0.4, 0.5) is 0 Å². The van der Waals surface area contributed by atoms with Gasteiger partial charge in [-0.3, -0.25) is 5.10 Å². The maximum atomic E-state index is 11.9. The molecule has 2 heterocycles. The van der Waals surface area contributed by atoms with Gasteiger partial charge in [0.2, 0.25) is 0 Å². The lowest BCUT2D eigenvalue weighted by molar-refractivity contribution is 0.186. The number of rotatable bonds is 5. The number of H-pyrrole nitrogens is 1. The van der Waals surface area contributed by atoms with E-state index in [1.165, 1.54) is 6.20 Å². The lowest BCUT2D eigenvalue weighted by atomic mass is 10.1. The Kier molecular flexibility index (Phi) is 3.77. The van der Waals surface area contributed by atoms with Gasteiger partial charge in [-0.25, -0.2) is 13.1 Å². The Morgan fingerprint density at radius 1 is 1.65 bits per heavy atom. The van der Waals surface area contributed by atoms with Crippen LogP contribution in [0.3, 0.4) is 0 Å². The smallest absolute Gasteiger partial charge is 0.257 e. The summed E-state index contributed by atoms with van der Waals surface area (Å²) >= 11 is 0. The van der Waals surface area contributed by atoms with Crippen molar-refractivity contribution in [3.05, 3.63) is 11.8 Å². The fraction of sp³-hybridized carbons (Fsp3) is 0.667. The van der Waals surface area contributed by atoms with Crippen molar-refractivity contribution in [3.63, 3.8) is 0 Å². The van der Waals surface area contributed by atoms with E-state index >= 15 is 0 Å². The fourth-order valence-corrected chi connectivity index (χ4v) is 2.92. The molecular formula is C9H15N3O4S. The number of hydrogen-bond donors (Lipinski definition) is 3. The molecule has 0 saturated carbocycles. The van der Waals surface area contributed by atoms with Crippen LogP contribution in [-0.2, 0) is 21.4 Å². The number of sulfonamides is 1. The second-order valence-electron chi connectivity index (χ2n) is 3.96. The molecule has 0 aromatic carbocycles. The van der Waals surface area contributed by atoms with E-state index in [9.17, 15) is 8.42 Å². The third-order valence-corrected chi connectivity index (χ3v) is 4.14. The second kappa shape index (κ2) is 5.13. The van der Waals surface area contributed by atoms with Gasteiger partial charge in [0, 0.05) is 18.7 Å².